The van der Waals surface area contributed by atoms with Crippen LogP contribution in [-0.2, 0) is 0 Å². The predicted octanol–water partition coefficient (Wildman–Crippen LogP) is 2.53. The molecular formula is C11H13BrN4O. The summed E-state index contributed by atoms with van der Waals surface area (Å²) in [6, 6.07) is 5.26. The topological polar surface area (TPSA) is 69.0 Å². The maximum absolute atomic E-state index is 11.7. The van der Waals surface area contributed by atoms with E-state index in [-0.39, 0.29) is 6.03 Å². The van der Waals surface area contributed by atoms with Crippen LogP contribution >= 0.6 is 15.9 Å². The monoisotopic (exact) mass is 296 g/mol. The molecule has 0 aliphatic rings. The lowest BCUT2D eigenvalue weighted by molar-refractivity contribution is 0.223. The number of hydrogen-bond donors (Lipinski definition) is 1. The van der Waals surface area contributed by atoms with E-state index in [0.29, 0.717) is 18.8 Å². The van der Waals surface area contributed by atoms with Crippen molar-refractivity contribution < 1.29 is 4.79 Å². The number of nitriles is 1. The van der Waals surface area contributed by atoms with E-state index >= 15 is 0 Å². The number of hydrogen-bond acceptors (Lipinski definition) is 3. The van der Waals surface area contributed by atoms with E-state index in [1.807, 2.05) is 19.1 Å². The van der Waals surface area contributed by atoms with E-state index in [1.54, 1.807) is 13.1 Å². The van der Waals surface area contributed by atoms with Crippen LogP contribution in [0.3, 0.4) is 0 Å². The lowest BCUT2D eigenvalue weighted by Gasteiger charge is -2.16. The van der Waals surface area contributed by atoms with Crippen molar-refractivity contribution in [2.24, 2.45) is 0 Å². The molecule has 1 rings (SSSR count). The molecule has 2 amide bonds. The number of carbonyl (C=O) groups excluding carboxylic acids is 1. The molecule has 90 valence electrons. The molecule has 1 heterocycles. The number of carbonyl (C=O) groups is 1. The van der Waals surface area contributed by atoms with Gasteiger partial charge in [-0.2, -0.15) is 5.26 Å². The number of nitrogens with one attached hydrogen (secondary N) is 1. The number of nitrogens with zero attached hydrogens (tertiary/aromatic N) is 3. The number of pyridine rings is 1. The van der Waals surface area contributed by atoms with Gasteiger partial charge in [-0.15, -0.1) is 0 Å². The van der Waals surface area contributed by atoms with Crippen LogP contribution in [0.25, 0.3) is 0 Å². The quantitative estimate of drug-likeness (QED) is 0.932. The molecular weight excluding hydrogens is 284 g/mol. The number of amides is 2. The summed E-state index contributed by atoms with van der Waals surface area (Å²) >= 11 is 3.34. The maximum atomic E-state index is 11.7. The fraction of sp³-hybridized carbons (Fsp3) is 0.364. The molecule has 0 aliphatic carbocycles. The van der Waals surface area contributed by atoms with Crippen molar-refractivity contribution in [1.82, 2.24) is 9.88 Å². The Morgan fingerprint density at radius 1 is 1.65 bits per heavy atom. The van der Waals surface area contributed by atoms with Crippen LogP contribution in [0, 0.1) is 18.3 Å². The average molecular weight is 297 g/mol. The largest absolute Gasteiger partial charge is 0.327 e. The first kappa shape index (κ1) is 13.5. The number of aryl methyl sites for hydroxylation is 1. The van der Waals surface area contributed by atoms with Crippen LogP contribution in [0.5, 0.6) is 0 Å². The molecule has 0 fully saturated rings. The number of anilines is 1. The van der Waals surface area contributed by atoms with Crippen molar-refractivity contribution in [3.63, 3.8) is 0 Å². The van der Waals surface area contributed by atoms with E-state index in [4.69, 9.17) is 5.26 Å². The van der Waals surface area contributed by atoms with Crippen LogP contribution in [0.15, 0.2) is 16.6 Å². The Morgan fingerprint density at radius 2 is 2.35 bits per heavy atom. The Morgan fingerprint density at radius 3 is 2.94 bits per heavy atom. The first-order chi connectivity index (χ1) is 8.04. The van der Waals surface area contributed by atoms with Crippen LogP contribution in [0.1, 0.15) is 12.1 Å². The first-order valence-corrected chi connectivity index (χ1v) is 5.86. The molecule has 0 spiro atoms. The minimum atomic E-state index is -0.269. The summed E-state index contributed by atoms with van der Waals surface area (Å²) in [5.41, 5.74) is 0.808. The zero-order chi connectivity index (χ0) is 12.8. The minimum absolute atomic E-state index is 0.269. The summed E-state index contributed by atoms with van der Waals surface area (Å²) in [6.45, 7) is 2.25. The highest BCUT2D eigenvalue weighted by Gasteiger charge is 2.09. The first-order valence-electron chi connectivity index (χ1n) is 5.07. The molecule has 1 N–H and O–H groups in total. The van der Waals surface area contributed by atoms with Gasteiger partial charge in [0.1, 0.15) is 5.82 Å². The third kappa shape index (κ3) is 4.04. The van der Waals surface area contributed by atoms with E-state index in [9.17, 15) is 4.79 Å². The van der Waals surface area contributed by atoms with E-state index in [0.717, 1.165) is 10.2 Å². The van der Waals surface area contributed by atoms with Gasteiger partial charge in [-0.1, -0.05) is 0 Å². The fourth-order valence-electron chi connectivity index (χ4n) is 1.14. The summed E-state index contributed by atoms with van der Waals surface area (Å²) in [6.07, 6.45) is 0.316. The number of rotatable bonds is 3. The van der Waals surface area contributed by atoms with Crippen molar-refractivity contribution in [3.8, 4) is 6.07 Å². The summed E-state index contributed by atoms with van der Waals surface area (Å²) < 4.78 is 0.897. The van der Waals surface area contributed by atoms with Gasteiger partial charge >= 0.3 is 6.03 Å². The summed E-state index contributed by atoms with van der Waals surface area (Å²) in [5, 5.41) is 11.1. The van der Waals surface area contributed by atoms with Crippen LogP contribution in [0.4, 0.5) is 10.6 Å². The Balaban J connectivity index is 2.62. The third-order valence-corrected chi connectivity index (χ3v) is 3.00. The van der Waals surface area contributed by atoms with Crippen molar-refractivity contribution in [1.29, 1.82) is 5.26 Å². The Hall–Kier alpha value is -1.61. The summed E-state index contributed by atoms with van der Waals surface area (Å²) in [4.78, 5) is 17.3. The standard InChI is InChI=1S/C11H13BrN4O/c1-8-9(12)4-5-10(14-8)15-11(17)16(2)7-3-6-13/h4-5H,3,7H2,1-2H3,(H,14,15,17). The fourth-order valence-corrected chi connectivity index (χ4v) is 1.36. The zero-order valence-corrected chi connectivity index (χ0v) is 11.3. The molecule has 0 radical (unpaired) electrons. The second-order valence-corrected chi connectivity index (χ2v) is 4.38. The SMILES string of the molecule is Cc1nc(NC(=O)N(C)CCC#N)ccc1Br. The van der Waals surface area contributed by atoms with Gasteiger partial charge in [0, 0.05) is 18.1 Å². The third-order valence-electron chi connectivity index (χ3n) is 2.16. The molecule has 5 nitrogen and oxygen atoms in total. The molecule has 0 aromatic carbocycles. The molecule has 6 heteroatoms. The van der Waals surface area contributed by atoms with Crippen LogP contribution in [-0.4, -0.2) is 29.5 Å². The molecule has 0 saturated carbocycles. The van der Waals surface area contributed by atoms with Gasteiger partial charge in [-0.3, -0.25) is 5.32 Å². The van der Waals surface area contributed by atoms with Gasteiger partial charge in [0.15, 0.2) is 0 Å². The van der Waals surface area contributed by atoms with Gasteiger partial charge in [0.05, 0.1) is 18.2 Å². The second kappa shape index (κ2) is 6.21. The van der Waals surface area contributed by atoms with Crippen molar-refractivity contribution in [2.45, 2.75) is 13.3 Å². The maximum Gasteiger partial charge on any atom is 0.322 e. The van der Waals surface area contributed by atoms with E-state index < -0.39 is 0 Å². The number of aromatic nitrogens is 1. The highest BCUT2D eigenvalue weighted by atomic mass is 79.9. The van der Waals surface area contributed by atoms with Gasteiger partial charge in [0.2, 0.25) is 0 Å². The number of urea groups is 1. The molecule has 0 aliphatic heterocycles. The smallest absolute Gasteiger partial charge is 0.322 e. The normalized spacial score (nSPS) is 9.53. The van der Waals surface area contributed by atoms with Gasteiger partial charge in [-0.05, 0) is 35.0 Å². The van der Waals surface area contributed by atoms with Gasteiger partial charge in [-0.25, -0.2) is 9.78 Å². The molecule has 0 unspecified atom stereocenters. The predicted molar refractivity (Wildman–Crippen MR) is 68.6 cm³/mol. The number of halogens is 1. The Labute approximate surface area is 109 Å². The zero-order valence-electron chi connectivity index (χ0n) is 9.70. The Bertz CT molecular complexity index is 455. The van der Waals surface area contributed by atoms with E-state index in [1.165, 1.54) is 4.90 Å². The molecule has 0 bridgehead atoms. The lowest BCUT2D eigenvalue weighted by atomic mass is 10.4. The molecule has 1 aromatic heterocycles. The average Bonchev–Trinajstić information content (AvgIpc) is 2.30. The van der Waals surface area contributed by atoms with Gasteiger partial charge < -0.3 is 4.90 Å². The highest BCUT2D eigenvalue weighted by molar-refractivity contribution is 9.10. The highest BCUT2D eigenvalue weighted by Crippen LogP contribution is 2.16. The van der Waals surface area contributed by atoms with Crippen molar-refractivity contribution >= 4 is 27.8 Å². The summed E-state index contributed by atoms with van der Waals surface area (Å²) in [7, 11) is 1.64. The molecule has 0 atom stereocenters. The van der Waals surface area contributed by atoms with Crippen molar-refractivity contribution in [2.75, 3.05) is 18.9 Å². The molecule has 1 aromatic rings. The second-order valence-electron chi connectivity index (χ2n) is 3.52. The molecule has 0 saturated heterocycles. The summed E-state index contributed by atoms with van der Waals surface area (Å²) in [5.74, 6) is 0.500. The van der Waals surface area contributed by atoms with Crippen molar-refractivity contribution in [3.05, 3.63) is 22.3 Å². The lowest BCUT2D eigenvalue weighted by Crippen LogP contribution is -2.32. The molecule has 17 heavy (non-hydrogen) atoms. The van der Waals surface area contributed by atoms with Gasteiger partial charge in [0.25, 0.3) is 0 Å². The van der Waals surface area contributed by atoms with Crippen LogP contribution in [0.2, 0.25) is 0 Å². The van der Waals surface area contributed by atoms with Crippen LogP contribution < -0.4 is 5.32 Å². The van der Waals surface area contributed by atoms with E-state index in [2.05, 4.69) is 26.2 Å². The minimum Gasteiger partial charge on any atom is -0.327 e. The Kier molecular flexibility index (Phi) is 4.91.